The fraction of sp³-hybridized carbons (Fsp3) is 0.167. The molecular formula is C48H42N2. The fourth-order valence-corrected chi connectivity index (χ4v) is 8.05. The molecule has 5 aromatic rings. The van der Waals surface area contributed by atoms with Crippen LogP contribution in [-0.2, 0) is 0 Å². The fourth-order valence-electron chi connectivity index (χ4n) is 8.05. The zero-order chi connectivity index (χ0) is 33.3. The highest BCUT2D eigenvalue weighted by Gasteiger charge is 2.21. The molecule has 9 rings (SSSR count). The van der Waals surface area contributed by atoms with Gasteiger partial charge in [0, 0.05) is 44.6 Å². The average molecular weight is 647 g/mol. The van der Waals surface area contributed by atoms with Crippen LogP contribution in [0.25, 0.3) is 45.4 Å². The standard InChI is InChI=1S/C48H42N2/c1-5-13-35(14-6-1)36-21-23-37(24-22-36)38-25-27-39(28-26-38)40-29-32-47-46(33-40)45-31-30-44(34-48(45)50(47)43-19-11-4-12-20-43)49(41-15-7-2-8-16-41)42-17-9-3-10-18-42/h1,4-5,7,9,11-13,15-28,30-34,40H,2-3,6,8,10,14,29H2. The normalized spacial score (nSPS) is 18.1. The third-order valence-electron chi connectivity index (χ3n) is 10.6. The Kier molecular flexibility index (Phi) is 8.14. The first-order chi connectivity index (χ1) is 24.8. The summed E-state index contributed by atoms with van der Waals surface area (Å²) in [5.74, 6) is 0.325. The molecule has 0 saturated carbocycles. The molecule has 50 heavy (non-hydrogen) atoms. The summed E-state index contributed by atoms with van der Waals surface area (Å²) in [5, 5.41) is 3.92. The van der Waals surface area contributed by atoms with Crippen LogP contribution in [0.5, 0.6) is 0 Å². The van der Waals surface area contributed by atoms with Gasteiger partial charge in [0.1, 0.15) is 0 Å². The van der Waals surface area contributed by atoms with Crippen LogP contribution in [0.4, 0.5) is 5.69 Å². The summed E-state index contributed by atoms with van der Waals surface area (Å²) in [4.78, 5) is 2.45. The van der Waals surface area contributed by atoms with Gasteiger partial charge in [-0.05, 0) is 109 Å². The maximum atomic E-state index is 2.52. The van der Waals surface area contributed by atoms with Crippen molar-refractivity contribution in [3.63, 3.8) is 0 Å². The van der Waals surface area contributed by atoms with Gasteiger partial charge in [0.05, 0.1) is 5.52 Å². The zero-order valence-electron chi connectivity index (χ0n) is 28.5. The van der Waals surface area contributed by atoms with E-state index in [1.165, 1.54) is 72.1 Å². The predicted molar refractivity (Wildman–Crippen MR) is 212 cm³/mol. The summed E-state index contributed by atoms with van der Waals surface area (Å²) < 4.78 is 2.47. The first-order valence-electron chi connectivity index (χ1n) is 18.3. The summed E-state index contributed by atoms with van der Waals surface area (Å²) in [6.45, 7) is 0. The van der Waals surface area contributed by atoms with E-state index in [1.807, 2.05) is 0 Å². The molecule has 1 heterocycles. The van der Waals surface area contributed by atoms with Crippen molar-refractivity contribution in [1.29, 1.82) is 0 Å². The summed E-state index contributed by atoms with van der Waals surface area (Å²) in [6.07, 6.45) is 33.2. The van der Waals surface area contributed by atoms with Crippen molar-refractivity contribution in [2.45, 2.75) is 50.9 Å². The van der Waals surface area contributed by atoms with Crippen LogP contribution in [0.15, 0.2) is 163 Å². The van der Waals surface area contributed by atoms with Crippen LogP contribution >= 0.6 is 0 Å². The highest BCUT2D eigenvalue weighted by Crippen LogP contribution is 2.34. The van der Waals surface area contributed by atoms with Gasteiger partial charge in [0.2, 0.25) is 0 Å². The smallest absolute Gasteiger partial charge is 0.0561 e. The quantitative estimate of drug-likeness (QED) is 0.171. The van der Waals surface area contributed by atoms with E-state index >= 15 is 0 Å². The number of allylic oxidation sites excluding steroid dienone is 10. The predicted octanol–water partition coefficient (Wildman–Crippen LogP) is 11.1. The minimum Gasteiger partial charge on any atom is -0.311 e. The van der Waals surface area contributed by atoms with E-state index in [1.54, 1.807) is 0 Å². The van der Waals surface area contributed by atoms with Crippen molar-refractivity contribution in [1.82, 2.24) is 4.57 Å². The topological polar surface area (TPSA) is 8.17 Å². The second-order valence-corrected chi connectivity index (χ2v) is 13.8. The van der Waals surface area contributed by atoms with Crippen molar-refractivity contribution in [3.05, 3.63) is 185 Å². The van der Waals surface area contributed by atoms with Gasteiger partial charge in [-0.1, -0.05) is 127 Å². The average Bonchev–Trinajstić information content (AvgIpc) is 3.53. The minimum absolute atomic E-state index is 0.325. The molecule has 0 radical (unpaired) electrons. The Bertz CT molecular complexity index is 2340. The van der Waals surface area contributed by atoms with Crippen LogP contribution in [0, 0.1) is 0 Å². The summed E-state index contributed by atoms with van der Waals surface area (Å²) in [7, 11) is 0. The van der Waals surface area contributed by atoms with Crippen molar-refractivity contribution in [2.24, 2.45) is 0 Å². The Labute approximate surface area is 295 Å². The number of hydrogen-bond acceptors (Lipinski definition) is 1. The lowest BCUT2D eigenvalue weighted by Crippen LogP contribution is -2.31. The van der Waals surface area contributed by atoms with Gasteiger partial charge in [0.25, 0.3) is 0 Å². The third kappa shape index (κ3) is 5.75. The van der Waals surface area contributed by atoms with E-state index in [9.17, 15) is 0 Å². The van der Waals surface area contributed by atoms with Gasteiger partial charge in [-0.2, -0.15) is 0 Å². The van der Waals surface area contributed by atoms with Crippen LogP contribution in [0.3, 0.4) is 0 Å². The molecule has 0 aliphatic heterocycles. The lowest BCUT2D eigenvalue weighted by molar-refractivity contribution is 0.907. The molecule has 4 aromatic carbocycles. The SMILES string of the molecule is C1=CCCC(c2ccc(-c3ccc(C4C=c5c(n(-c6ccccc6)c6cc(N(C7=CCCC=C7)C7=CCCC=C7)ccc56)=CC4)cc3)cc2)=C1. The maximum Gasteiger partial charge on any atom is 0.0561 e. The number of anilines is 1. The molecule has 0 N–H and O–H groups in total. The van der Waals surface area contributed by atoms with Crippen molar-refractivity contribution in [3.8, 4) is 16.8 Å². The number of fused-ring (bicyclic) bond motifs is 3. The number of hydrogen-bond donors (Lipinski definition) is 0. The van der Waals surface area contributed by atoms with E-state index in [2.05, 4.69) is 173 Å². The van der Waals surface area contributed by atoms with E-state index < -0.39 is 0 Å². The summed E-state index contributed by atoms with van der Waals surface area (Å²) >= 11 is 0. The minimum atomic E-state index is 0.325. The van der Waals surface area contributed by atoms with Crippen molar-refractivity contribution < 1.29 is 0 Å². The second-order valence-electron chi connectivity index (χ2n) is 13.8. The van der Waals surface area contributed by atoms with Crippen LogP contribution in [0.2, 0.25) is 0 Å². The van der Waals surface area contributed by atoms with Gasteiger partial charge in [-0.25, -0.2) is 0 Å². The molecule has 1 atom stereocenters. The van der Waals surface area contributed by atoms with Crippen LogP contribution in [0.1, 0.15) is 62.0 Å². The summed E-state index contributed by atoms with van der Waals surface area (Å²) in [6, 6.07) is 36.3. The lowest BCUT2D eigenvalue weighted by Gasteiger charge is -2.29. The van der Waals surface area contributed by atoms with Crippen LogP contribution < -0.4 is 15.5 Å². The largest absolute Gasteiger partial charge is 0.311 e. The molecule has 0 spiro atoms. The molecule has 4 aliphatic rings. The van der Waals surface area contributed by atoms with E-state index in [-0.39, 0.29) is 0 Å². The van der Waals surface area contributed by atoms with Gasteiger partial charge < -0.3 is 9.47 Å². The molecule has 0 saturated heterocycles. The first kappa shape index (κ1) is 30.5. The van der Waals surface area contributed by atoms with E-state index in [0.717, 1.165) is 44.9 Å². The molecule has 244 valence electrons. The van der Waals surface area contributed by atoms with Gasteiger partial charge in [0.15, 0.2) is 0 Å². The van der Waals surface area contributed by atoms with Crippen LogP contribution in [-0.4, -0.2) is 4.57 Å². The molecule has 2 heteroatoms. The first-order valence-corrected chi connectivity index (χ1v) is 18.3. The van der Waals surface area contributed by atoms with E-state index in [0.29, 0.717) is 5.92 Å². The van der Waals surface area contributed by atoms with Crippen molar-refractivity contribution >= 4 is 34.3 Å². The molecule has 0 amide bonds. The molecule has 0 bridgehead atoms. The number of nitrogens with zero attached hydrogens (tertiary/aromatic N) is 2. The third-order valence-corrected chi connectivity index (χ3v) is 10.6. The Morgan fingerprint density at radius 2 is 1.32 bits per heavy atom. The highest BCUT2D eigenvalue weighted by atomic mass is 15.2. The molecule has 2 nitrogen and oxygen atoms in total. The Morgan fingerprint density at radius 3 is 1.98 bits per heavy atom. The Hall–Kier alpha value is -5.60. The van der Waals surface area contributed by atoms with Gasteiger partial charge in [-0.3, -0.25) is 0 Å². The molecular weight excluding hydrogens is 605 g/mol. The van der Waals surface area contributed by atoms with E-state index in [4.69, 9.17) is 0 Å². The maximum absolute atomic E-state index is 2.52. The molecule has 4 aliphatic carbocycles. The molecule has 0 fully saturated rings. The van der Waals surface area contributed by atoms with Gasteiger partial charge in [-0.15, -0.1) is 0 Å². The Morgan fingerprint density at radius 1 is 0.620 bits per heavy atom. The number of rotatable bonds is 7. The highest BCUT2D eigenvalue weighted by molar-refractivity contribution is 5.89. The zero-order valence-corrected chi connectivity index (χ0v) is 28.5. The van der Waals surface area contributed by atoms with Gasteiger partial charge >= 0.3 is 0 Å². The number of para-hydroxylation sites is 1. The lowest BCUT2D eigenvalue weighted by atomic mass is 9.90. The second kappa shape index (κ2) is 13.4. The summed E-state index contributed by atoms with van der Waals surface area (Å²) in [5.41, 5.74) is 12.8. The molecule has 1 unspecified atom stereocenters. The number of aromatic nitrogens is 1. The monoisotopic (exact) mass is 646 g/mol. The van der Waals surface area contributed by atoms with Crippen molar-refractivity contribution in [2.75, 3.05) is 4.90 Å². The Balaban J connectivity index is 1.10. The molecule has 1 aromatic heterocycles. The number of benzene rings is 4.